The average molecular weight is 832 g/mol. The van der Waals surface area contributed by atoms with Crippen molar-refractivity contribution < 1.29 is 0 Å². The highest BCUT2D eigenvalue weighted by Gasteiger charge is 2.24. The summed E-state index contributed by atoms with van der Waals surface area (Å²) in [6, 6.07) is 78.5. The predicted molar refractivity (Wildman–Crippen MR) is 265 cm³/mol. The lowest BCUT2D eigenvalue weighted by atomic mass is 10.0. The molecule has 65 heavy (non-hydrogen) atoms. The molecule has 4 aromatic heterocycles. The van der Waals surface area contributed by atoms with E-state index in [4.69, 9.17) is 19.9 Å². The van der Waals surface area contributed by atoms with Gasteiger partial charge in [0.1, 0.15) is 5.82 Å². The molecule has 0 saturated carbocycles. The van der Waals surface area contributed by atoms with Gasteiger partial charge in [0, 0.05) is 38.4 Å². The number of fused-ring (bicyclic) bond motifs is 7. The van der Waals surface area contributed by atoms with E-state index in [1.54, 1.807) is 0 Å². The zero-order chi connectivity index (χ0) is 42.8. The molecule has 13 aromatic rings. The summed E-state index contributed by atoms with van der Waals surface area (Å²) >= 11 is 0. The van der Waals surface area contributed by atoms with Crippen molar-refractivity contribution in [2.45, 2.75) is 0 Å². The minimum Gasteiger partial charge on any atom is -0.292 e. The van der Waals surface area contributed by atoms with E-state index < -0.39 is 0 Å². The molecule has 0 saturated heterocycles. The quantitative estimate of drug-likeness (QED) is 0.160. The van der Waals surface area contributed by atoms with E-state index in [2.05, 4.69) is 226 Å². The Labute approximate surface area is 373 Å². The van der Waals surface area contributed by atoms with Crippen LogP contribution in [0.5, 0.6) is 0 Å². The standard InChI is InChI=1S/C58H37N7/c1-4-18-38(19-5-1)40-32-34-45-43-24-12-15-29-50(43)64(53(45)36-40)57-60-55(47-26-10-11-27-48(47)56-59-49-28-14-17-31-52(49)63(56)42-22-8-3-9-23-42)61-58(62-57)65-51-30-16-13-25-44(51)46-35-33-41(37-54(46)65)39-20-6-2-7-21-39/h1-37H. The summed E-state index contributed by atoms with van der Waals surface area (Å²) in [5, 5.41) is 4.47. The lowest BCUT2D eigenvalue weighted by Crippen LogP contribution is -2.11. The van der Waals surface area contributed by atoms with E-state index in [0.717, 1.165) is 99.5 Å². The first-order valence-electron chi connectivity index (χ1n) is 21.8. The molecule has 0 fully saturated rings. The molecule has 0 spiro atoms. The van der Waals surface area contributed by atoms with E-state index in [-0.39, 0.29) is 0 Å². The van der Waals surface area contributed by atoms with Gasteiger partial charge >= 0.3 is 0 Å². The molecular formula is C58H37N7. The van der Waals surface area contributed by atoms with Crippen molar-refractivity contribution in [3.05, 3.63) is 224 Å². The van der Waals surface area contributed by atoms with Gasteiger partial charge in [-0.25, -0.2) is 4.98 Å². The zero-order valence-electron chi connectivity index (χ0n) is 35.0. The van der Waals surface area contributed by atoms with E-state index in [9.17, 15) is 0 Å². The number of aromatic nitrogens is 7. The molecule has 0 aliphatic heterocycles. The highest BCUT2D eigenvalue weighted by Crippen LogP contribution is 2.39. The minimum atomic E-state index is 0.512. The fourth-order valence-corrected chi connectivity index (χ4v) is 9.58. The van der Waals surface area contributed by atoms with E-state index in [1.165, 1.54) is 0 Å². The van der Waals surface area contributed by atoms with Gasteiger partial charge in [0.15, 0.2) is 5.82 Å². The minimum absolute atomic E-state index is 0.512. The lowest BCUT2D eigenvalue weighted by Gasteiger charge is -2.15. The van der Waals surface area contributed by atoms with Gasteiger partial charge in [0.2, 0.25) is 11.9 Å². The molecule has 0 aliphatic rings. The second-order valence-electron chi connectivity index (χ2n) is 16.3. The molecule has 4 heterocycles. The molecule has 0 aliphatic carbocycles. The smallest absolute Gasteiger partial charge is 0.240 e. The Bertz CT molecular complexity index is 3760. The van der Waals surface area contributed by atoms with Gasteiger partial charge in [-0.1, -0.05) is 176 Å². The van der Waals surface area contributed by atoms with Crippen molar-refractivity contribution in [2.75, 3.05) is 0 Å². The molecular weight excluding hydrogens is 795 g/mol. The van der Waals surface area contributed by atoms with Gasteiger partial charge in [-0.2, -0.15) is 15.0 Å². The van der Waals surface area contributed by atoms with Gasteiger partial charge in [0.05, 0.1) is 33.1 Å². The lowest BCUT2D eigenvalue weighted by molar-refractivity contribution is 0.893. The summed E-state index contributed by atoms with van der Waals surface area (Å²) in [4.78, 5) is 21.9. The Morgan fingerprint density at radius 3 is 1.29 bits per heavy atom. The third-order valence-electron chi connectivity index (χ3n) is 12.6. The van der Waals surface area contributed by atoms with E-state index in [0.29, 0.717) is 17.7 Å². The number of benzene rings is 9. The predicted octanol–water partition coefficient (Wildman–Crippen LogP) is 14.1. The molecule has 13 rings (SSSR count). The van der Waals surface area contributed by atoms with Gasteiger partial charge in [0.25, 0.3) is 0 Å². The maximum Gasteiger partial charge on any atom is 0.240 e. The third kappa shape index (κ3) is 5.98. The zero-order valence-corrected chi connectivity index (χ0v) is 35.0. The van der Waals surface area contributed by atoms with Crippen molar-refractivity contribution in [1.29, 1.82) is 0 Å². The van der Waals surface area contributed by atoms with E-state index >= 15 is 0 Å². The monoisotopic (exact) mass is 831 g/mol. The number of rotatable bonds is 7. The summed E-state index contributed by atoms with van der Waals surface area (Å²) in [5.74, 6) is 2.35. The first-order chi connectivity index (χ1) is 32.2. The maximum atomic E-state index is 5.53. The highest BCUT2D eigenvalue weighted by atomic mass is 15.3. The third-order valence-corrected chi connectivity index (χ3v) is 12.6. The number of imidazole rings is 1. The fourth-order valence-electron chi connectivity index (χ4n) is 9.58. The Hall–Kier alpha value is -8.94. The number of hydrogen-bond donors (Lipinski definition) is 0. The largest absolute Gasteiger partial charge is 0.292 e. The van der Waals surface area contributed by atoms with Crippen LogP contribution >= 0.6 is 0 Å². The Morgan fingerprint density at radius 2 is 0.723 bits per heavy atom. The van der Waals surface area contributed by atoms with Crippen LogP contribution in [0.25, 0.3) is 117 Å². The Balaban J connectivity index is 1.13. The summed E-state index contributed by atoms with van der Waals surface area (Å²) < 4.78 is 6.64. The van der Waals surface area contributed by atoms with Gasteiger partial charge in [-0.05, 0) is 70.8 Å². The van der Waals surface area contributed by atoms with Crippen LogP contribution in [0.4, 0.5) is 0 Å². The molecule has 0 atom stereocenters. The van der Waals surface area contributed by atoms with Crippen molar-refractivity contribution in [3.63, 3.8) is 0 Å². The second kappa shape index (κ2) is 14.9. The first kappa shape index (κ1) is 36.7. The topological polar surface area (TPSA) is 66.3 Å². The van der Waals surface area contributed by atoms with E-state index in [1.807, 2.05) is 12.1 Å². The normalized spacial score (nSPS) is 11.7. The first-order valence-corrected chi connectivity index (χ1v) is 21.8. The Morgan fingerprint density at radius 1 is 0.277 bits per heavy atom. The van der Waals surface area contributed by atoms with Crippen molar-refractivity contribution in [3.8, 4) is 62.6 Å². The number of nitrogens with zero attached hydrogens (tertiary/aromatic N) is 7. The van der Waals surface area contributed by atoms with Gasteiger partial charge in [-0.15, -0.1) is 0 Å². The van der Waals surface area contributed by atoms with Crippen LogP contribution in [-0.2, 0) is 0 Å². The highest BCUT2D eigenvalue weighted by molar-refractivity contribution is 6.11. The second-order valence-corrected chi connectivity index (χ2v) is 16.3. The summed E-state index contributed by atoms with van der Waals surface area (Å²) in [6.07, 6.45) is 0. The van der Waals surface area contributed by atoms with Crippen LogP contribution in [0.2, 0.25) is 0 Å². The van der Waals surface area contributed by atoms with Crippen LogP contribution in [0.1, 0.15) is 0 Å². The van der Waals surface area contributed by atoms with Crippen LogP contribution < -0.4 is 0 Å². The average Bonchev–Trinajstić information content (AvgIpc) is 4.05. The number of hydrogen-bond acceptors (Lipinski definition) is 4. The van der Waals surface area contributed by atoms with Crippen molar-refractivity contribution in [1.82, 2.24) is 33.6 Å². The SMILES string of the molecule is c1ccc(-c2ccc3c4ccccc4n(-c4nc(-c5ccccc5-c5nc6ccccc6n5-c5ccccc5)nc(-n5c6ccccc6c6ccc(-c7ccccc7)cc65)n4)c3c2)cc1. The van der Waals surface area contributed by atoms with Gasteiger partial charge < -0.3 is 0 Å². The molecule has 304 valence electrons. The molecule has 7 heteroatoms. The number of para-hydroxylation sites is 5. The fraction of sp³-hybridized carbons (Fsp3) is 0. The van der Waals surface area contributed by atoms with Crippen LogP contribution in [0.15, 0.2) is 224 Å². The summed E-state index contributed by atoms with van der Waals surface area (Å²) in [5.41, 5.74) is 13.2. The molecule has 7 nitrogen and oxygen atoms in total. The van der Waals surface area contributed by atoms with Crippen LogP contribution in [0, 0.1) is 0 Å². The van der Waals surface area contributed by atoms with Crippen LogP contribution in [-0.4, -0.2) is 33.6 Å². The van der Waals surface area contributed by atoms with Crippen molar-refractivity contribution >= 4 is 54.6 Å². The Kier molecular flexibility index (Phi) is 8.39. The van der Waals surface area contributed by atoms with Crippen LogP contribution in [0.3, 0.4) is 0 Å². The molecule has 0 unspecified atom stereocenters. The molecule has 0 N–H and O–H groups in total. The summed E-state index contributed by atoms with van der Waals surface area (Å²) in [7, 11) is 0. The molecule has 0 bridgehead atoms. The van der Waals surface area contributed by atoms with Crippen molar-refractivity contribution in [2.24, 2.45) is 0 Å². The molecule has 9 aromatic carbocycles. The molecule has 0 radical (unpaired) electrons. The summed E-state index contributed by atoms with van der Waals surface area (Å²) in [6.45, 7) is 0. The molecule has 0 amide bonds. The van der Waals surface area contributed by atoms with Gasteiger partial charge in [-0.3, -0.25) is 13.7 Å². The maximum absolute atomic E-state index is 5.53.